The number of thiophene rings is 1. The maximum Gasteiger partial charge on any atom is 0.153 e. The van der Waals surface area contributed by atoms with E-state index in [9.17, 15) is 0 Å². The first-order valence-electron chi connectivity index (χ1n) is 8.54. The molecule has 0 spiro atoms. The number of H-pyrrole nitrogens is 1. The fraction of sp³-hybridized carbons (Fsp3) is 0.0476. The van der Waals surface area contributed by atoms with Crippen LogP contribution in [0.25, 0.3) is 32.1 Å². The normalized spacial score (nSPS) is 11.1. The van der Waals surface area contributed by atoms with Crippen molar-refractivity contribution in [2.75, 3.05) is 12.4 Å². The topological polar surface area (TPSA) is 62.8 Å². The predicted molar refractivity (Wildman–Crippen MR) is 111 cm³/mol. The first-order valence-corrected chi connectivity index (χ1v) is 9.42. The molecule has 0 aliphatic carbocycles. The molecule has 3 heterocycles. The number of methoxy groups -OCH3 is 1. The maximum absolute atomic E-state index is 5.41. The maximum atomic E-state index is 5.41. The highest BCUT2D eigenvalue weighted by Crippen LogP contribution is 2.38. The average Bonchev–Trinajstić information content (AvgIpc) is 3.36. The largest absolute Gasteiger partial charge is 0.497 e. The summed E-state index contributed by atoms with van der Waals surface area (Å²) in [6.45, 7) is 0. The average molecular weight is 372 g/mol. The van der Waals surface area contributed by atoms with Gasteiger partial charge in [-0.25, -0.2) is 4.98 Å². The van der Waals surface area contributed by atoms with Crippen molar-refractivity contribution >= 4 is 43.8 Å². The number of anilines is 2. The van der Waals surface area contributed by atoms with Gasteiger partial charge >= 0.3 is 0 Å². The summed E-state index contributed by atoms with van der Waals surface area (Å²) in [5, 5.41) is 15.8. The molecule has 2 aromatic carbocycles. The third-order valence-corrected chi connectivity index (χ3v) is 5.49. The Morgan fingerprint density at radius 3 is 2.78 bits per heavy atom. The van der Waals surface area contributed by atoms with Crippen LogP contribution in [0.4, 0.5) is 11.6 Å². The van der Waals surface area contributed by atoms with E-state index >= 15 is 0 Å². The van der Waals surface area contributed by atoms with Gasteiger partial charge in [-0.05, 0) is 35.7 Å². The van der Waals surface area contributed by atoms with Crippen LogP contribution in [0.3, 0.4) is 0 Å². The Hall–Kier alpha value is -3.38. The molecule has 0 unspecified atom stereocenters. The molecule has 0 aliphatic rings. The van der Waals surface area contributed by atoms with E-state index in [1.165, 1.54) is 10.1 Å². The molecule has 0 aliphatic heterocycles. The van der Waals surface area contributed by atoms with Crippen molar-refractivity contribution in [3.8, 4) is 17.0 Å². The van der Waals surface area contributed by atoms with Crippen LogP contribution in [0.2, 0.25) is 0 Å². The van der Waals surface area contributed by atoms with Crippen LogP contribution in [-0.2, 0) is 0 Å². The van der Waals surface area contributed by atoms with Gasteiger partial charge in [0.1, 0.15) is 11.6 Å². The number of aromatic amines is 1. The molecule has 0 bridgehead atoms. The molecule has 3 aromatic heterocycles. The number of fused-ring (bicyclic) bond motifs is 2. The number of pyridine rings is 1. The molecule has 5 nitrogen and oxygen atoms in total. The summed E-state index contributed by atoms with van der Waals surface area (Å²) in [5.41, 5.74) is 2.09. The van der Waals surface area contributed by atoms with Gasteiger partial charge in [-0.3, -0.25) is 5.10 Å². The molecule has 0 atom stereocenters. The Balaban J connectivity index is 1.76. The van der Waals surface area contributed by atoms with Gasteiger partial charge in [-0.2, -0.15) is 5.10 Å². The molecule has 0 saturated heterocycles. The highest BCUT2D eigenvalue weighted by Gasteiger charge is 2.14. The standard InChI is InChI=1S/C21H16N4OS/c1-26-14-6-7-15-13(10-14)11-20(23-19-8-9-22-25-19)24-21(15)17-12-27-18-5-3-2-4-16(17)18/h2-12H,1H3,(H2,22,23,24,25). The van der Waals surface area contributed by atoms with Crippen molar-refractivity contribution in [1.29, 1.82) is 0 Å². The molecule has 5 aromatic rings. The second kappa shape index (κ2) is 6.41. The van der Waals surface area contributed by atoms with Crippen molar-refractivity contribution in [2.45, 2.75) is 0 Å². The quantitative estimate of drug-likeness (QED) is 0.431. The summed E-state index contributed by atoms with van der Waals surface area (Å²) in [4.78, 5) is 4.92. The molecule has 6 heteroatoms. The SMILES string of the molecule is COc1ccc2c(-c3csc4ccccc34)nc(Nc3cc[nH]n3)cc2c1. The van der Waals surface area contributed by atoms with Gasteiger partial charge < -0.3 is 10.1 Å². The van der Waals surface area contributed by atoms with E-state index in [4.69, 9.17) is 9.72 Å². The number of rotatable bonds is 4. The van der Waals surface area contributed by atoms with Crippen molar-refractivity contribution < 1.29 is 4.74 Å². The van der Waals surface area contributed by atoms with Crippen molar-refractivity contribution in [1.82, 2.24) is 15.2 Å². The molecule has 0 amide bonds. The lowest BCUT2D eigenvalue weighted by Crippen LogP contribution is -1.97. The fourth-order valence-corrected chi connectivity index (χ4v) is 4.20. The lowest BCUT2D eigenvalue weighted by atomic mass is 10.0. The molecule has 2 N–H and O–H groups in total. The van der Waals surface area contributed by atoms with Crippen molar-refractivity contribution in [2.24, 2.45) is 0 Å². The molecular weight excluding hydrogens is 356 g/mol. The van der Waals surface area contributed by atoms with Crippen LogP contribution in [0.15, 0.2) is 66.2 Å². The van der Waals surface area contributed by atoms with Crippen molar-refractivity contribution in [3.05, 3.63) is 66.2 Å². The molecular formula is C21H16N4OS. The molecule has 27 heavy (non-hydrogen) atoms. The Morgan fingerprint density at radius 2 is 1.93 bits per heavy atom. The van der Waals surface area contributed by atoms with Gasteiger partial charge in [0.15, 0.2) is 5.82 Å². The number of benzene rings is 2. The minimum absolute atomic E-state index is 0.728. The van der Waals surface area contributed by atoms with E-state index < -0.39 is 0 Å². The van der Waals surface area contributed by atoms with E-state index in [0.29, 0.717) is 0 Å². The van der Waals surface area contributed by atoms with Crippen LogP contribution in [0.1, 0.15) is 0 Å². The number of hydrogen-bond donors (Lipinski definition) is 2. The molecule has 5 rings (SSSR count). The summed E-state index contributed by atoms with van der Waals surface area (Å²) >= 11 is 1.73. The third kappa shape index (κ3) is 2.80. The molecule has 132 valence electrons. The van der Waals surface area contributed by atoms with Crippen LogP contribution < -0.4 is 10.1 Å². The van der Waals surface area contributed by atoms with E-state index in [2.05, 4.69) is 51.2 Å². The highest BCUT2D eigenvalue weighted by atomic mass is 32.1. The van der Waals surface area contributed by atoms with Crippen LogP contribution >= 0.6 is 11.3 Å². The minimum Gasteiger partial charge on any atom is -0.497 e. The van der Waals surface area contributed by atoms with Gasteiger partial charge in [-0.15, -0.1) is 11.3 Å². The summed E-state index contributed by atoms with van der Waals surface area (Å²) in [7, 11) is 1.68. The lowest BCUT2D eigenvalue weighted by Gasteiger charge is -2.11. The number of hydrogen-bond acceptors (Lipinski definition) is 5. The van der Waals surface area contributed by atoms with Crippen LogP contribution in [-0.4, -0.2) is 22.3 Å². The number of nitrogens with zero attached hydrogens (tertiary/aromatic N) is 2. The summed E-state index contributed by atoms with van der Waals surface area (Å²) in [6.07, 6.45) is 1.78. The zero-order valence-electron chi connectivity index (χ0n) is 14.6. The number of nitrogens with one attached hydrogen (secondary N) is 2. The van der Waals surface area contributed by atoms with E-state index in [-0.39, 0.29) is 0 Å². The molecule has 0 radical (unpaired) electrons. The monoisotopic (exact) mass is 372 g/mol. The smallest absolute Gasteiger partial charge is 0.153 e. The second-order valence-corrected chi connectivity index (χ2v) is 7.08. The summed E-state index contributed by atoms with van der Waals surface area (Å²) < 4.78 is 6.66. The van der Waals surface area contributed by atoms with Gasteiger partial charge in [0, 0.05) is 38.7 Å². The zero-order chi connectivity index (χ0) is 18.2. The Morgan fingerprint density at radius 1 is 1.00 bits per heavy atom. The number of ether oxygens (including phenoxy) is 1. The lowest BCUT2D eigenvalue weighted by molar-refractivity contribution is 0.415. The first kappa shape index (κ1) is 15.8. The van der Waals surface area contributed by atoms with E-state index in [1.807, 2.05) is 24.3 Å². The third-order valence-electron chi connectivity index (χ3n) is 4.53. The first-order chi connectivity index (χ1) is 13.3. The van der Waals surface area contributed by atoms with Crippen LogP contribution in [0.5, 0.6) is 5.75 Å². The summed E-state index contributed by atoms with van der Waals surface area (Å²) in [6, 6.07) is 18.4. The predicted octanol–water partition coefficient (Wildman–Crippen LogP) is 5.59. The Kier molecular flexibility index (Phi) is 3.76. The van der Waals surface area contributed by atoms with Gasteiger partial charge in [0.25, 0.3) is 0 Å². The van der Waals surface area contributed by atoms with Gasteiger partial charge in [-0.1, -0.05) is 18.2 Å². The zero-order valence-corrected chi connectivity index (χ0v) is 15.4. The Bertz CT molecular complexity index is 1240. The fourth-order valence-electron chi connectivity index (χ4n) is 3.25. The van der Waals surface area contributed by atoms with Crippen molar-refractivity contribution in [3.63, 3.8) is 0 Å². The Labute approximate surface area is 159 Å². The minimum atomic E-state index is 0.728. The van der Waals surface area contributed by atoms with E-state index in [1.54, 1.807) is 24.6 Å². The second-order valence-electron chi connectivity index (χ2n) is 6.17. The van der Waals surface area contributed by atoms with Gasteiger partial charge in [0.05, 0.1) is 12.8 Å². The van der Waals surface area contributed by atoms with Crippen LogP contribution in [0, 0.1) is 0 Å². The van der Waals surface area contributed by atoms with Gasteiger partial charge in [0.2, 0.25) is 0 Å². The number of aromatic nitrogens is 3. The molecule has 0 saturated carbocycles. The highest BCUT2D eigenvalue weighted by molar-refractivity contribution is 7.17. The molecule has 0 fully saturated rings. The van der Waals surface area contributed by atoms with E-state index in [0.717, 1.165) is 39.4 Å². The summed E-state index contributed by atoms with van der Waals surface area (Å²) in [5.74, 6) is 2.29.